The molecule has 0 aliphatic rings. The van der Waals surface area contributed by atoms with Gasteiger partial charge >= 0.3 is 0 Å². The predicted molar refractivity (Wildman–Crippen MR) is 107 cm³/mol. The van der Waals surface area contributed by atoms with Crippen LogP contribution >= 0.6 is 0 Å². The normalized spacial score (nSPS) is 10.4. The van der Waals surface area contributed by atoms with Gasteiger partial charge in [-0.15, -0.1) is 0 Å². The first-order chi connectivity index (χ1) is 12.6. The molecule has 26 heavy (non-hydrogen) atoms. The van der Waals surface area contributed by atoms with Gasteiger partial charge in [-0.1, -0.05) is 30.3 Å². The summed E-state index contributed by atoms with van der Waals surface area (Å²) in [4.78, 5) is 19.0. The Kier molecular flexibility index (Phi) is 5.32. The Morgan fingerprint density at radius 3 is 2.58 bits per heavy atom. The van der Waals surface area contributed by atoms with Crippen LogP contribution in [0.3, 0.4) is 0 Å². The van der Waals surface area contributed by atoms with Crippen molar-refractivity contribution >= 4 is 23.0 Å². The third-order valence-corrected chi connectivity index (χ3v) is 4.28. The van der Waals surface area contributed by atoms with E-state index in [1.165, 1.54) is 0 Å². The summed E-state index contributed by atoms with van der Waals surface area (Å²) in [5.41, 5.74) is 5.53. The van der Waals surface area contributed by atoms with Gasteiger partial charge in [0.05, 0.1) is 17.4 Å². The lowest BCUT2D eigenvalue weighted by Gasteiger charge is -2.21. The monoisotopic (exact) mass is 345 g/mol. The first-order valence-corrected chi connectivity index (χ1v) is 8.74. The number of aromatic nitrogens is 1. The van der Waals surface area contributed by atoms with Crippen LogP contribution in [0.5, 0.6) is 0 Å². The molecule has 0 aliphatic carbocycles. The smallest absolute Gasteiger partial charge is 0.259 e. The van der Waals surface area contributed by atoms with Crippen LogP contribution in [-0.2, 0) is 0 Å². The highest BCUT2D eigenvalue weighted by Crippen LogP contribution is 2.22. The number of benzene rings is 2. The topological polar surface area (TPSA) is 45.2 Å². The van der Waals surface area contributed by atoms with Gasteiger partial charge in [0.25, 0.3) is 5.91 Å². The number of nitrogens with zero attached hydrogens (tertiary/aromatic N) is 2. The molecule has 1 N–H and O–H groups in total. The molecule has 0 atom stereocenters. The van der Waals surface area contributed by atoms with Gasteiger partial charge in [0.15, 0.2) is 0 Å². The molecule has 0 spiro atoms. The first-order valence-electron chi connectivity index (χ1n) is 8.74. The number of carbonyl (C=O) groups excluding carboxylic acids is 1. The highest BCUT2D eigenvalue weighted by molar-refractivity contribution is 6.06. The number of aryl methyl sites for hydroxylation is 2. The van der Waals surface area contributed by atoms with E-state index in [9.17, 15) is 4.79 Å². The molecule has 0 bridgehead atoms. The lowest BCUT2D eigenvalue weighted by Crippen LogP contribution is -2.30. The summed E-state index contributed by atoms with van der Waals surface area (Å²) in [5.74, 6) is -0.0565. The van der Waals surface area contributed by atoms with E-state index in [2.05, 4.69) is 10.3 Å². The van der Waals surface area contributed by atoms with E-state index in [1.54, 1.807) is 17.3 Å². The Morgan fingerprint density at radius 1 is 1.04 bits per heavy atom. The number of para-hydroxylation sites is 1. The maximum Gasteiger partial charge on any atom is 0.259 e. The molecule has 0 saturated heterocycles. The van der Waals surface area contributed by atoms with Crippen LogP contribution in [0.15, 0.2) is 67.0 Å². The third-order valence-electron chi connectivity index (χ3n) is 4.28. The Morgan fingerprint density at radius 2 is 1.85 bits per heavy atom. The number of amides is 1. The number of nitrogens with one attached hydrogen (secondary N) is 1. The summed E-state index contributed by atoms with van der Waals surface area (Å²) in [6.07, 6.45) is 3.34. The number of hydrogen-bond donors (Lipinski definition) is 1. The van der Waals surface area contributed by atoms with E-state index in [0.717, 1.165) is 28.2 Å². The molecule has 1 heterocycles. The standard InChI is InChI=1S/C22H23N3O/c1-4-25(20-10-7-8-16(2)12-20)22(26)18-13-19(15-23-14-18)24-21-11-6-5-9-17(21)3/h5-15,24H,4H2,1-3H3. The summed E-state index contributed by atoms with van der Waals surface area (Å²) >= 11 is 0. The van der Waals surface area contributed by atoms with Crippen molar-refractivity contribution in [1.82, 2.24) is 4.98 Å². The van der Waals surface area contributed by atoms with E-state index in [1.807, 2.05) is 75.4 Å². The van der Waals surface area contributed by atoms with Crippen LogP contribution in [-0.4, -0.2) is 17.4 Å². The first kappa shape index (κ1) is 17.7. The second kappa shape index (κ2) is 7.83. The molecule has 0 unspecified atom stereocenters. The third kappa shape index (κ3) is 3.91. The van der Waals surface area contributed by atoms with E-state index in [-0.39, 0.29) is 5.91 Å². The molecule has 132 valence electrons. The predicted octanol–water partition coefficient (Wildman–Crippen LogP) is 5.11. The van der Waals surface area contributed by atoms with Crippen molar-refractivity contribution < 1.29 is 4.79 Å². The van der Waals surface area contributed by atoms with Gasteiger partial charge in [-0.3, -0.25) is 9.78 Å². The van der Waals surface area contributed by atoms with E-state index >= 15 is 0 Å². The number of rotatable bonds is 5. The quantitative estimate of drug-likeness (QED) is 0.699. The molecule has 0 aliphatic heterocycles. The summed E-state index contributed by atoms with van der Waals surface area (Å²) in [5, 5.41) is 3.34. The molecule has 0 fully saturated rings. The summed E-state index contributed by atoms with van der Waals surface area (Å²) in [6, 6.07) is 17.8. The second-order valence-corrected chi connectivity index (χ2v) is 6.29. The van der Waals surface area contributed by atoms with Crippen LogP contribution in [0.4, 0.5) is 17.1 Å². The van der Waals surface area contributed by atoms with Crippen molar-refractivity contribution in [3.05, 3.63) is 83.7 Å². The highest BCUT2D eigenvalue weighted by Gasteiger charge is 2.17. The summed E-state index contributed by atoms with van der Waals surface area (Å²) < 4.78 is 0. The van der Waals surface area contributed by atoms with Gasteiger partial charge in [-0.05, 0) is 56.2 Å². The van der Waals surface area contributed by atoms with Crippen molar-refractivity contribution in [2.24, 2.45) is 0 Å². The molecule has 2 aromatic carbocycles. The van der Waals surface area contributed by atoms with Crippen LogP contribution in [0, 0.1) is 13.8 Å². The van der Waals surface area contributed by atoms with Crippen molar-refractivity contribution in [2.45, 2.75) is 20.8 Å². The zero-order valence-corrected chi connectivity index (χ0v) is 15.4. The van der Waals surface area contributed by atoms with Gasteiger partial charge in [0, 0.05) is 24.1 Å². The number of hydrogen-bond acceptors (Lipinski definition) is 3. The van der Waals surface area contributed by atoms with Gasteiger partial charge in [0.1, 0.15) is 0 Å². The summed E-state index contributed by atoms with van der Waals surface area (Å²) in [6.45, 7) is 6.64. The molecular weight excluding hydrogens is 322 g/mol. The SMILES string of the molecule is CCN(C(=O)c1cncc(Nc2ccccc2C)c1)c1cccc(C)c1. The molecule has 3 rings (SSSR count). The average Bonchev–Trinajstić information content (AvgIpc) is 2.64. The number of anilines is 3. The lowest BCUT2D eigenvalue weighted by molar-refractivity contribution is 0.0988. The van der Waals surface area contributed by atoms with Gasteiger partial charge in [-0.2, -0.15) is 0 Å². The molecule has 0 radical (unpaired) electrons. The fraction of sp³-hybridized carbons (Fsp3) is 0.182. The fourth-order valence-electron chi connectivity index (χ4n) is 2.89. The van der Waals surface area contributed by atoms with Crippen molar-refractivity contribution in [1.29, 1.82) is 0 Å². The van der Waals surface area contributed by atoms with Gasteiger partial charge < -0.3 is 10.2 Å². The highest BCUT2D eigenvalue weighted by atomic mass is 16.2. The van der Waals surface area contributed by atoms with E-state index in [0.29, 0.717) is 12.1 Å². The lowest BCUT2D eigenvalue weighted by atomic mass is 10.1. The van der Waals surface area contributed by atoms with Crippen molar-refractivity contribution in [3.8, 4) is 0 Å². The van der Waals surface area contributed by atoms with Crippen molar-refractivity contribution in [2.75, 3.05) is 16.8 Å². The second-order valence-electron chi connectivity index (χ2n) is 6.29. The maximum atomic E-state index is 13.0. The Bertz CT molecular complexity index is 921. The zero-order valence-electron chi connectivity index (χ0n) is 15.4. The average molecular weight is 345 g/mol. The van der Waals surface area contributed by atoms with E-state index < -0.39 is 0 Å². The minimum absolute atomic E-state index is 0.0565. The minimum atomic E-state index is -0.0565. The van der Waals surface area contributed by atoms with Crippen LogP contribution in [0.1, 0.15) is 28.4 Å². The Labute approximate surface area is 154 Å². The molecule has 1 amide bonds. The largest absolute Gasteiger partial charge is 0.354 e. The zero-order chi connectivity index (χ0) is 18.5. The minimum Gasteiger partial charge on any atom is -0.354 e. The fourth-order valence-corrected chi connectivity index (χ4v) is 2.89. The van der Waals surface area contributed by atoms with Crippen LogP contribution in [0.2, 0.25) is 0 Å². The Hall–Kier alpha value is -3.14. The molecule has 1 aromatic heterocycles. The van der Waals surface area contributed by atoms with Gasteiger partial charge in [-0.25, -0.2) is 0 Å². The molecule has 4 nitrogen and oxygen atoms in total. The van der Waals surface area contributed by atoms with Crippen molar-refractivity contribution in [3.63, 3.8) is 0 Å². The molecule has 4 heteroatoms. The van der Waals surface area contributed by atoms with E-state index in [4.69, 9.17) is 0 Å². The van der Waals surface area contributed by atoms with Crippen LogP contribution < -0.4 is 10.2 Å². The number of carbonyl (C=O) groups is 1. The van der Waals surface area contributed by atoms with Crippen LogP contribution in [0.25, 0.3) is 0 Å². The molecule has 3 aromatic rings. The van der Waals surface area contributed by atoms with Gasteiger partial charge in [0.2, 0.25) is 0 Å². The summed E-state index contributed by atoms with van der Waals surface area (Å²) in [7, 11) is 0. The maximum absolute atomic E-state index is 13.0. The molecule has 0 saturated carbocycles. The number of pyridine rings is 1. The molecular formula is C22H23N3O. The Balaban J connectivity index is 1.86.